The average molecular weight is 523 g/mol. The Morgan fingerprint density at radius 2 is 2.00 bits per heavy atom. The summed E-state index contributed by atoms with van der Waals surface area (Å²) in [5.41, 5.74) is 1.83. The van der Waals surface area contributed by atoms with Crippen LogP contribution in [-0.4, -0.2) is 48.1 Å². The summed E-state index contributed by atoms with van der Waals surface area (Å²) in [6.45, 7) is 7.03. The predicted octanol–water partition coefficient (Wildman–Crippen LogP) is 4.28. The van der Waals surface area contributed by atoms with Crippen LogP contribution in [0.15, 0.2) is 46.0 Å². The summed E-state index contributed by atoms with van der Waals surface area (Å²) in [7, 11) is 0. The highest BCUT2D eigenvalue weighted by Gasteiger charge is 2.26. The van der Waals surface area contributed by atoms with Crippen molar-refractivity contribution in [1.29, 1.82) is 0 Å². The van der Waals surface area contributed by atoms with E-state index >= 15 is 0 Å². The Bertz CT molecular complexity index is 788. The number of halogens is 1. The second-order valence-electron chi connectivity index (χ2n) is 8.25. The van der Waals surface area contributed by atoms with Crippen LogP contribution in [0.5, 0.6) is 0 Å². The number of rotatable bonds is 7. The SMILES string of the molecule is CCNC(=NCc1coc(-c2ccccc2)n1)NC1CCN(CC2CCCC2)C1.I. The van der Waals surface area contributed by atoms with Gasteiger partial charge in [0.25, 0.3) is 0 Å². The molecule has 1 atom stereocenters. The van der Waals surface area contributed by atoms with E-state index in [0.29, 0.717) is 18.5 Å². The van der Waals surface area contributed by atoms with Crippen LogP contribution in [0.2, 0.25) is 0 Å². The molecule has 2 heterocycles. The Labute approximate surface area is 196 Å². The Kier molecular flexibility index (Phi) is 8.99. The Balaban J connectivity index is 0.00000256. The van der Waals surface area contributed by atoms with Gasteiger partial charge in [-0.05, 0) is 44.2 Å². The first-order chi connectivity index (χ1) is 14.3. The van der Waals surface area contributed by atoms with Crippen molar-refractivity contribution in [1.82, 2.24) is 20.5 Å². The van der Waals surface area contributed by atoms with E-state index in [9.17, 15) is 0 Å². The highest BCUT2D eigenvalue weighted by molar-refractivity contribution is 14.0. The lowest BCUT2D eigenvalue weighted by Crippen LogP contribution is -2.44. The molecule has 1 aromatic heterocycles. The number of oxazole rings is 1. The summed E-state index contributed by atoms with van der Waals surface area (Å²) in [6, 6.07) is 10.4. The van der Waals surface area contributed by atoms with Crippen molar-refractivity contribution < 1.29 is 4.42 Å². The van der Waals surface area contributed by atoms with E-state index in [-0.39, 0.29) is 24.0 Å². The fourth-order valence-electron chi connectivity index (χ4n) is 4.44. The first-order valence-electron chi connectivity index (χ1n) is 11.1. The van der Waals surface area contributed by atoms with E-state index in [4.69, 9.17) is 9.41 Å². The van der Waals surface area contributed by atoms with Crippen molar-refractivity contribution in [3.63, 3.8) is 0 Å². The molecule has 1 aliphatic carbocycles. The van der Waals surface area contributed by atoms with Gasteiger partial charge in [-0.25, -0.2) is 9.98 Å². The fraction of sp³-hybridized carbons (Fsp3) is 0.565. The van der Waals surface area contributed by atoms with Crippen LogP contribution in [0, 0.1) is 5.92 Å². The number of aliphatic imine (C=N–C) groups is 1. The number of nitrogens with zero attached hydrogens (tertiary/aromatic N) is 3. The lowest BCUT2D eigenvalue weighted by molar-refractivity contribution is 0.275. The highest BCUT2D eigenvalue weighted by atomic mass is 127. The summed E-state index contributed by atoms with van der Waals surface area (Å²) >= 11 is 0. The molecule has 2 N–H and O–H groups in total. The van der Waals surface area contributed by atoms with Gasteiger partial charge in [0.15, 0.2) is 5.96 Å². The van der Waals surface area contributed by atoms with Gasteiger partial charge in [-0.1, -0.05) is 31.0 Å². The predicted molar refractivity (Wildman–Crippen MR) is 132 cm³/mol. The Morgan fingerprint density at radius 1 is 1.20 bits per heavy atom. The third-order valence-corrected chi connectivity index (χ3v) is 5.92. The van der Waals surface area contributed by atoms with E-state index in [0.717, 1.165) is 36.2 Å². The van der Waals surface area contributed by atoms with Crippen molar-refractivity contribution >= 4 is 29.9 Å². The number of hydrogen-bond donors (Lipinski definition) is 2. The van der Waals surface area contributed by atoms with Crippen molar-refractivity contribution in [2.45, 2.75) is 51.6 Å². The lowest BCUT2D eigenvalue weighted by Gasteiger charge is -2.21. The number of hydrogen-bond acceptors (Lipinski definition) is 4. The standard InChI is InChI=1S/C23H33N5O.HI/c1-2-24-23(27-20-12-13-28(16-20)15-18-8-6-7-9-18)25-14-21-17-29-22(26-21)19-10-4-3-5-11-19;/h3-5,10-11,17-18,20H,2,6-9,12-16H2,1H3,(H2,24,25,27);1H. The van der Waals surface area contributed by atoms with E-state index in [1.54, 1.807) is 6.26 Å². The summed E-state index contributed by atoms with van der Waals surface area (Å²) in [5, 5.41) is 6.99. The Hall–Kier alpha value is -1.61. The van der Waals surface area contributed by atoms with Gasteiger partial charge in [0, 0.05) is 37.8 Å². The molecule has 164 valence electrons. The van der Waals surface area contributed by atoms with Gasteiger partial charge in [-0.2, -0.15) is 0 Å². The van der Waals surface area contributed by atoms with Gasteiger partial charge in [0.1, 0.15) is 12.0 Å². The number of guanidine groups is 1. The number of likely N-dealkylation sites (tertiary alicyclic amines) is 1. The molecule has 1 saturated carbocycles. The Morgan fingerprint density at radius 3 is 2.77 bits per heavy atom. The monoisotopic (exact) mass is 523 g/mol. The minimum Gasteiger partial charge on any atom is -0.444 e. The van der Waals surface area contributed by atoms with Crippen molar-refractivity contribution in [3.05, 3.63) is 42.3 Å². The third kappa shape index (κ3) is 6.44. The maximum atomic E-state index is 5.63. The van der Waals surface area contributed by atoms with Crippen LogP contribution in [0.25, 0.3) is 11.5 Å². The summed E-state index contributed by atoms with van der Waals surface area (Å²) < 4.78 is 5.63. The number of nitrogens with one attached hydrogen (secondary N) is 2. The molecule has 7 heteroatoms. The minimum absolute atomic E-state index is 0. The van der Waals surface area contributed by atoms with Gasteiger partial charge in [-0.15, -0.1) is 24.0 Å². The molecule has 1 unspecified atom stereocenters. The van der Waals surface area contributed by atoms with Gasteiger partial charge in [0.05, 0.1) is 6.54 Å². The van der Waals surface area contributed by atoms with Crippen molar-refractivity contribution in [3.8, 4) is 11.5 Å². The molecule has 1 saturated heterocycles. The first-order valence-corrected chi connectivity index (χ1v) is 11.1. The number of benzene rings is 1. The molecule has 6 nitrogen and oxygen atoms in total. The molecule has 0 spiro atoms. The maximum absolute atomic E-state index is 5.63. The van der Waals surface area contributed by atoms with Crippen LogP contribution in [0.4, 0.5) is 0 Å². The molecule has 1 aromatic carbocycles. The van der Waals surface area contributed by atoms with Gasteiger partial charge < -0.3 is 20.0 Å². The largest absolute Gasteiger partial charge is 0.444 e. The molecule has 0 amide bonds. The molecule has 2 aliphatic rings. The summed E-state index contributed by atoms with van der Waals surface area (Å²) in [6.07, 6.45) is 8.56. The molecule has 2 fully saturated rings. The molecule has 1 aliphatic heterocycles. The van der Waals surface area contributed by atoms with Crippen LogP contribution in [0.1, 0.15) is 44.7 Å². The highest BCUT2D eigenvalue weighted by Crippen LogP contribution is 2.26. The molecular weight excluding hydrogens is 489 g/mol. The second-order valence-corrected chi connectivity index (χ2v) is 8.25. The van der Waals surface area contributed by atoms with Crippen LogP contribution >= 0.6 is 24.0 Å². The van der Waals surface area contributed by atoms with E-state index in [1.165, 1.54) is 45.2 Å². The first kappa shape index (κ1) is 23.1. The lowest BCUT2D eigenvalue weighted by atomic mass is 10.1. The van der Waals surface area contributed by atoms with Crippen LogP contribution < -0.4 is 10.6 Å². The molecule has 4 rings (SSSR count). The third-order valence-electron chi connectivity index (χ3n) is 5.92. The zero-order chi connectivity index (χ0) is 19.9. The van der Waals surface area contributed by atoms with Crippen LogP contribution in [-0.2, 0) is 6.54 Å². The van der Waals surface area contributed by atoms with Crippen molar-refractivity contribution in [2.75, 3.05) is 26.2 Å². The van der Waals surface area contributed by atoms with Crippen molar-refractivity contribution in [2.24, 2.45) is 10.9 Å². The fourth-order valence-corrected chi connectivity index (χ4v) is 4.44. The maximum Gasteiger partial charge on any atom is 0.226 e. The second kappa shape index (κ2) is 11.7. The molecule has 0 bridgehead atoms. The quantitative estimate of drug-likeness (QED) is 0.322. The molecular formula is C23H34IN5O. The topological polar surface area (TPSA) is 65.7 Å². The summed E-state index contributed by atoms with van der Waals surface area (Å²) in [5.74, 6) is 2.43. The smallest absolute Gasteiger partial charge is 0.226 e. The van der Waals surface area contributed by atoms with Gasteiger partial charge >= 0.3 is 0 Å². The number of aromatic nitrogens is 1. The zero-order valence-electron chi connectivity index (χ0n) is 17.8. The van der Waals surface area contributed by atoms with E-state index in [2.05, 4.69) is 27.4 Å². The van der Waals surface area contributed by atoms with Gasteiger partial charge in [-0.3, -0.25) is 0 Å². The molecule has 30 heavy (non-hydrogen) atoms. The normalized spacial score (nSPS) is 20.3. The van der Waals surface area contributed by atoms with Gasteiger partial charge in [0.2, 0.25) is 5.89 Å². The van der Waals surface area contributed by atoms with E-state index < -0.39 is 0 Å². The van der Waals surface area contributed by atoms with E-state index in [1.807, 2.05) is 30.3 Å². The zero-order valence-corrected chi connectivity index (χ0v) is 20.2. The average Bonchev–Trinajstić information content (AvgIpc) is 3.50. The van der Waals surface area contributed by atoms with Crippen LogP contribution in [0.3, 0.4) is 0 Å². The minimum atomic E-state index is 0. The summed E-state index contributed by atoms with van der Waals surface area (Å²) in [4.78, 5) is 11.9. The molecule has 0 radical (unpaired) electrons. The molecule has 2 aromatic rings.